The van der Waals surface area contributed by atoms with Gasteiger partial charge in [-0.1, -0.05) is 6.58 Å². The molecule has 3 amide bonds. The summed E-state index contributed by atoms with van der Waals surface area (Å²) in [5, 5.41) is 14.7. The molecule has 45 heavy (non-hydrogen) atoms. The van der Waals surface area contributed by atoms with Crippen LogP contribution in [0.15, 0.2) is 55.4 Å². The molecule has 0 aliphatic carbocycles. The molecule has 0 unspecified atom stereocenters. The van der Waals surface area contributed by atoms with Crippen molar-refractivity contribution in [2.24, 2.45) is 0 Å². The van der Waals surface area contributed by atoms with Gasteiger partial charge in [0.2, 0.25) is 5.91 Å². The first-order valence-electron chi connectivity index (χ1n) is 14.6. The van der Waals surface area contributed by atoms with E-state index >= 15 is 0 Å². The largest absolute Gasteiger partial charge is 0.482 e. The molecule has 0 spiro atoms. The normalized spacial score (nSPS) is 15.5. The third-order valence-electron chi connectivity index (χ3n) is 7.54. The molecule has 2 aromatic heterocycles. The van der Waals surface area contributed by atoms with Gasteiger partial charge in [-0.25, -0.2) is 9.37 Å². The quantitative estimate of drug-likeness (QED) is 0.328. The van der Waals surface area contributed by atoms with Gasteiger partial charge in [-0.2, -0.15) is 5.26 Å². The molecule has 1 aliphatic rings. The standard InChI is InChI=1S/C33H36FN7O4/c1-6-30(42)41-11-10-40(18-22(41)5)19-29(27-9-8-24(34)17-37-27)45-28-13-20(3)25(14-26(28)32(43)36-7-2)33(44)39-31-21(4)12-23(15-35)16-38-31/h6,8-9,12-14,16-17,22,29H,1,7,10-11,18-19H2,2-5H3,(H,36,43)(H,38,39,44)/t22-,29-/m1/s1. The van der Waals surface area contributed by atoms with Crippen LogP contribution in [0.1, 0.15) is 63.1 Å². The lowest BCUT2D eigenvalue weighted by atomic mass is 10.0. The summed E-state index contributed by atoms with van der Waals surface area (Å²) in [7, 11) is 0. The Balaban J connectivity index is 1.66. The van der Waals surface area contributed by atoms with Crippen LogP contribution < -0.4 is 15.4 Å². The molecule has 2 atom stereocenters. The molecule has 1 aromatic carbocycles. The molecule has 0 saturated carbocycles. The van der Waals surface area contributed by atoms with Crippen molar-refractivity contribution in [3.8, 4) is 11.8 Å². The highest BCUT2D eigenvalue weighted by Gasteiger charge is 2.30. The monoisotopic (exact) mass is 613 g/mol. The number of rotatable bonds is 10. The van der Waals surface area contributed by atoms with Gasteiger partial charge in [0.25, 0.3) is 11.8 Å². The summed E-state index contributed by atoms with van der Waals surface area (Å²) >= 11 is 0. The zero-order valence-electron chi connectivity index (χ0n) is 25.8. The van der Waals surface area contributed by atoms with Gasteiger partial charge in [-0.05, 0) is 75.2 Å². The number of aromatic nitrogens is 2. The zero-order valence-corrected chi connectivity index (χ0v) is 25.8. The van der Waals surface area contributed by atoms with Crippen molar-refractivity contribution in [1.82, 2.24) is 25.1 Å². The van der Waals surface area contributed by atoms with Gasteiger partial charge in [-0.3, -0.25) is 24.3 Å². The number of nitrogens with zero attached hydrogens (tertiary/aromatic N) is 5. The van der Waals surface area contributed by atoms with Gasteiger partial charge in [0.05, 0.1) is 23.0 Å². The number of anilines is 1. The van der Waals surface area contributed by atoms with E-state index < -0.39 is 23.7 Å². The van der Waals surface area contributed by atoms with E-state index in [9.17, 15) is 18.8 Å². The van der Waals surface area contributed by atoms with Crippen LogP contribution in [0.25, 0.3) is 0 Å². The summed E-state index contributed by atoms with van der Waals surface area (Å²) in [6.45, 7) is 13.1. The van der Waals surface area contributed by atoms with E-state index in [1.807, 2.05) is 13.0 Å². The number of benzene rings is 1. The van der Waals surface area contributed by atoms with Gasteiger partial charge >= 0.3 is 0 Å². The van der Waals surface area contributed by atoms with Crippen LogP contribution in [-0.2, 0) is 4.79 Å². The highest BCUT2D eigenvalue weighted by Crippen LogP contribution is 2.30. The number of aryl methyl sites for hydroxylation is 2. The Hall–Kier alpha value is -5.15. The number of halogens is 1. The Morgan fingerprint density at radius 3 is 2.53 bits per heavy atom. The second kappa shape index (κ2) is 14.5. The van der Waals surface area contributed by atoms with E-state index in [2.05, 4.69) is 32.1 Å². The molecule has 0 radical (unpaired) electrons. The van der Waals surface area contributed by atoms with Gasteiger partial charge in [0.15, 0.2) is 6.10 Å². The Morgan fingerprint density at radius 1 is 1.13 bits per heavy atom. The van der Waals surface area contributed by atoms with Gasteiger partial charge < -0.3 is 20.3 Å². The second-order valence-corrected chi connectivity index (χ2v) is 10.8. The maximum absolute atomic E-state index is 13.8. The molecule has 3 aromatic rings. The fourth-order valence-electron chi connectivity index (χ4n) is 5.20. The van der Waals surface area contributed by atoms with E-state index in [4.69, 9.17) is 10.00 Å². The molecule has 1 aliphatic heterocycles. The maximum atomic E-state index is 13.8. The van der Waals surface area contributed by atoms with E-state index in [1.165, 1.54) is 30.5 Å². The Kier molecular flexibility index (Phi) is 10.6. The fourth-order valence-corrected chi connectivity index (χ4v) is 5.20. The number of nitriles is 1. The number of hydrogen-bond donors (Lipinski definition) is 2. The lowest BCUT2D eigenvalue weighted by Gasteiger charge is -2.40. The minimum absolute atomic E-state index is 0.0776. The van der Waals surface area contributed by atoms with Crippen LogP contribution >= 0.6 is 0 Å². The molecule has 3 heterocycles. The minimum Gasteiger partial charge on any atom is -0.482 e. The molecule has 1 fully saturated rings. The molecule has 234 valence electrons. The molecular weight excluding hydrogens is 577 g/mol. The van der Waals surface area contributed by atoms with Gasteiger partial charge in [0, 0.05) is 50.5 Å². The molecule has 11 nitrogen and oxygen atoms in total. The summed E-state index contributed by atoms with van der Waals surface area (Å²) in [6, 6.07) is 9.49. The van der Waals surface area contributed by atoms with Crippen molar-refractivity contribution < 1.29 is 23.5 Å². The number of amides is 3. The molecule has 0 bridgehead atoms. The van der Waals surface area contributed by atoms with E-state index in [0.717, 1.165) is 6.20 Å². The van der Waals surface area contributed by atoms with Gasteiger partial charge in [-0.15, -0.1) is 0 Å². The van der Waals surface area contributed by atoms with Crippen molar-refractivity contribution in [2.45, 2.75) is 39.8 Å². The SMILES string of the molecule is C=CC(=O)N1CCN(C[C@@H](Oc2cc(C)c(C(=O)Nc3ncc(C#N)cc3C)cc2C(=O)NCC)c2ccc(F)cn2)C[C@H]1C. The average Bonchev–Trinajstić information content (AvgIpc) is 3.02. The lowest BCUT2D eigenvalue weighted by Crippen LogP contribution is -2.54. The van der Waals surface area contributed by atoms with Crippen LogP contribution in [-0.4, -0.2) is 76.3 Å². The molecule has 2 N–H and O–H groups in total. The zero-order chi connectivity index (χ0) is 32.7. The predicted octanol–water partition coefficient (Wildman–Crippen LogP) is 3.95. The summed E-state index contributed by atoms with van der Waals surface area (Å²) in [6.07, 6.45) is 3.07. The van der Waals surface area contributed by atoms with Crippen molar-refractivity contribution in [1.29, 1.82) is 5.26 Å². The lowest BCUT2D eigenvalue weighted by molar-refractivity contribution is -0.130. The second-order valence-electron chi connectivity index (χ2n) is 10.8. The Labute approximate surface area is 261 Å². The predicted molar refractivity (Wildman–Crippen MR) is 166 cm³/mol. The van der Waals surface area contributed by atoms with Crippen molar-refractivity contribution in [3.05, 3.63) is 94.7 Å². The van der Waals surface area contributed by atoms with Crippen LogP contribution in [0, 0.1) is 31.0 Å². The number of carbonyl (C=O) groups excluding carboxylic acids is 3. The third kappa shape index (κ3) is 7.87. The smallest absolute Gasteiger partial charge is 0.257 e. The number of piperazine rings is 1. The first-order chi connectivity index (χ1) is 21.5. The van der Waals surface area contributed by atoms with Crippen molar-refractivity contribution in [3.63, 3.8) is 0 Å². The highest BCUT2D eigenvalue weighted by atomic mass is 19.1. The highest BCUT2D eigenvalue weighted by molar-refractivity contribution is 6.07. The fraction of sp³-hybridized carbons (Fsp3) is 0.333. The Bertz CT molecular complexity index is 1640. The summed E-state index contributed by atoms with van der Waals surface area (Å²) in [5.41, 5.74) is 2.35. The first-order valence-corrected chi connectivity index (χ1v) is 14.6. The van der Waals surface area contributed by atoms with E-state index in [1.54, 1.807) is 37.8 Å². The molecule has 4 rings (SSSR count). The van der Waals surface area contributed by atoms with E-state index in [-0.39, 0.29) is 28.8 Å². The van der Waals surface area contributed by atoms with Crippen LogP contribution in [0.4, 0.5) is 10.2 Å². The van der Waals surface area contributed by atoms with Crippen LogP contribution in [0.5, 0.6) is 5.75 Å². The summed E-state index contributed by atoms with van der Waals surface area (Å²) in [5.74, 6) is -1.03. The number of pyridine rings is 2. The molecule has 12 heteroatoms. The molecular formula is C33H36FN7O4. The van der Waals surface area contributed by atoms with Gasteiger partial charge in [0.1, 0.15) is 23.5 Å². The van der Waals surface area contributed by atoms with E-state index in [0.29, 0.717) is 60.9 Å². The maximum Gasteiger partial charge on any atom is 0.257 e. The minimum atomic E-state index is -0.711. The number of carbonyl (C=O) groups is 3. The number of nitrogens with one attached hydrogen (secondary N) is 2. The number of ether oxygens (including phenoxy) is 1. The van der Waals surface area contributed by atoms with Crippen molar-refractivity contribution >= 4 is 23.5 Å². The molecule has 1 saturated heterocycles. The first kappa shape index (κ1) is 32.8. The van der Waals surface area contributed by atoms with Crippen molar-refractivity contribution in [2.75, 3.05) is 38.0 Å². The number of hydrogen-bond acceptors (Lipinski definition) is 8. The van der Waals surface area contributed by atoms with Crippen LogP contribution in [0.3, 0.4) is 0 Å². The van der Waals surface area contributed by atoms with Crippen LogP contribution in [0.2, 0.25) is 0 Å². The Morgan fingerprint density at radius 2 is 1.91 bits per heavy atom. The summed E-state index contributed by atoms with van der Waals surface area (Å²) in [4.78, 5) is 51.2. The summed E-state index contributed by atoms with van der Waals surface area (Å²) < 4.78 is 20.3. The third-order valence-corrected chi connectivity index (χ3v) is 7.54. The topological polar surface area (TPSA) is 141 Å². The average molecular weight is 614 g/mol.